The molecule has 2 rings (SSSR count). The predicted octanol–water partition coefficient (Wildman–Crippen LogP) is 2.89. The van der Waals surface area contributed by atoms with Gasteiger partial charge in [-0.3, -0.25) is 4.79 Å². The third-order valence-corrected chi connectivity index (χ3v) is 2.87. The van der Waals surface area contributed by atoms with Crippen LogP contribution in [0.15, 0.2) is 72.3 Å². The fourth-order valence-corrected chi connectivity index (χ4v) is 1.76. The van der Waals surface area contributed by atoms with E-state index < -0.39 is 11.9 Å². The Balaban J connectivity index is 0.00000264. The third-order valence-electron chi connectivity index (χ3n) is 2.87. The van der Waals surface area contributed by atoms with Crippen LogP contribution in [0.3, 0.4) is 0 Å². The number of esters is 2. The third kappa shape index (κ3) is 6.40. The standard InChI is InChI=1S/C18H16O4.Na.H/c1-2-14(18(20)22-16-11-7-4-8-12-16)13-17(19)21-15-9-5-3-6-10-15;;/h2-12H,13H2,1H3;;. The minimum absolute atomic E-state index is 0. The summed E-state index contributed by atoms with van der Waals surface area (Å²) in [6, 6.07) is 17.4. The number of benzene rings is 2. The second-order valence-electron chi connectivity index (χ2n) is 4.48. The van der Waals surface area contributed by atoms with Crippen molar-refractivity contribution in [1.82, 2.24) is 0 Å². The molecule has 5 heteroatoms. The van der Waals surface area contributed by atoms with E-state index in [4.69, 9.17) is 9.47 Å². The number of rotatable bonds is 5. The van der Waals surface area contributed by atoms with E-state index in [9.17, 15) is 9.59 Å². The van der Waals surface area contributed by atoms with Crippen LogP contribution in [0.1, 0.15) is 13.3 Å². The number of para-hydroxylation sites is 2. The molecule has 0 amide bonds. The van der Waals surface area contributed by atoms with Crippen LogP contribution in [0.2, 0.25) is 0 Å². The van der Waals surface area contributed by atoms with E-state index in [0.717, 1.165) is 0 Å². The number of hydrogen-bond donors (Lipinski definition) is 0. The van der Waals surface area contributed by atoms with Crippen LogP contribution in [-0.2, 0) is 9.59 Å². The number of carbonyl (C=O) groups excluding carboxylic acids is 2. The molecule has 0 saturated heterocycles. The molecule has 4 nitrogen and oxygen atoms in total. The molecule has 0 unspecified atom stereocenters. The zero-order chi connectivity index (χ0) is 15.8. The molecule has 0 N–H and O–H groups in total. The van der Waals surface area contributed by atoms with Gasteiger partial charge in [0.1, 0.15) is 11.5 Å². The van der Waals surface area contributed by atoms with Crippen LogP contribution < -0.4 is 9.47 Å². The summed E-state index contributed by atoms with van der Waals surface area (Å²) in [5.41, 5.74) is 0.254. The minimum atomic E-state index is -0.557. The Kier molecular flexibility index (Phi) is 8.33. The van der Waals surface area contributed by atoms with Crippen molar-refractivity contribution in [2.45, 2.75) is 13.3 Å². The molecular weight excluding hydrogens is 303 g/mol. The fourth-order valence-electron chi connectivity index (χ4n) is 1.76. The van der Waals surface area contributed by atoms with Gasteiger partial charge in [0, 0.05) is 5.57 Å². The van der Waals surface area contributed by atoms with Crippen LogP contribution in [0.25, 0.3) is 0 Å². The Labute approximate surface area is 157 Å². The molecule has 0 atom stereocenters. The normalized spacial score (nSPS) is 10.4. The molecule has 0 radical (unpaired) electrons. The molecule has 0 aliphatic rings. The Morgan fingerprint density at radius 2 is 1.35 bits per heavy atom. The number of allylic oxidation sites excluding steroid dienone is 1. The summed E-state index contributed by atoms with van der Waals surface area (Å²) in [6.45, 7) is 1.68. The zero-order valence-corrected chi connectivity index (χ0v) is 12.2. The number of ether oxygens (including phenoxy) is 2. The molecule has 0 saturated carbocycles. The second kappa shape index (κ2) is 10.0. The van der Waals surface area contributed by atoms with E-state index in [2.05, 4.69) is 0 Å². The van der Waals surface area contributed by atoms with Gasteiger partial charge in [-0.25, -0.2) is 4.79 Å². The van der Waals surface area contributed by atoms with Gasteiger partial charge < -0.3 is 9.47 Å². The summed E-state index contributed by atoms with van der Waals surface area (Å²) in [5, 5.41) is 0. The van der Waals surface area contributed by atoms with E-state index in [-0.39, 0.29) is 41.6 Å². The van der Waals surface area contributed by atoms with Gasteiger partial charge >= 0.3 is 41.5 Å². The van der Waals surface area contributed by atoms with Crippen molar-refractivity contribution in [3.8, 4) is 11.5 Å². The molecule has 2 aromatic rings. The summed E-state index contributed by atoms with van der Waals surface area (Å²) in [5.74, 6) is -0.189. The first-order valence-corrected chi connectivity index (χ1v) is 6.87. The fraction of sp³-hybridized carbons (Fsp3) is 0.111. The number of carbonyl (C=O) groups is 2. The number of hydrogen-bond acceptors (Lipinski definition) is 4. The van der Waals surface area contributed by atoms with E-state index in [1.165, 1.54) is 0 Å². The topological polar surface area (TPSA) is 52.6 Å². The second-order valence-corrected chi connectivity index (χ2v) is 4.48. The van der Waals surface area contributed by atoms with Crippen LogP contribution in [0.5, 0.6) is 11.5 Å². The van der Waals surface area contributed by atoms with Gasteiger partial charge in [0.05, 0.1) is 6.42 Å². The maximum absolute atomic E-state index is 12.0. The van der Waals surface area contributed by atoms with Gasteiger partial charge in [-0.15, -0.1) is 0 Å². The van der Waals surface area contributed by atoms with Gasteiger partial charge in [-0.1, -0.05) is 42.5 Å². The Hall–Kier alpha value is -1.88. The van der Waals surface area contributed by atoms with E-state index in [0.29, 0.717) is 11.5 Å². The van der Waals surface area contributed by atoms with Gasteiger partial charge in [-0.2, -0.15) is 0 Å². The van der Waals surface area contributed by atoms with Crippen molar-refractivity contribution in [1.29, 1.82) is 0 Å². The summed E-state index contributed by atoms with van der Waals surface area (Å²) in [6.07, 6.45) is 1.41. The van der Waals surface area contributed by atoms with Crippen molar-refractivity contribution >= 4 is 41.5 Å². The monoisotopic (exact) mass is 320 g/mol. The molecule has 23 heavy (non-hydrogen) atoms. The average Bonchev–Trinajstić information content (AvgIpc) is 2.54. The van der Waals surface area contributed by atoms with Crippen molar-refractivity contribution in [2.75, 3.05) is 0 Å². The van der Waals surface area contributed by atoms with Gasteiger partial charge in [-0.05, 0) is 31.2 Å². The van der Waals surface area contributed by atoms with E-state index >= 15 is 0 Å². The Morgan fingerprint density at radius 1 is 0.870 bits per heavy atom. The van der Waals surface area contributed by atoms with E-state index in [1.54, 1.807) is 61.5 Å². The average molecular weight is 320 g/mol. The van der Waals surface area contributed by atoms with Crippen molar-refractivity contribution < 1.29 is 19.1 Å². The molecular formula is C18H17NaO4. The molecule has 0 heterocycles. The Bertz CT molecular complexity index is 666. The summed E-state index contributed by atoms with van der Waals surface area (Å²) < 4.78 is 10.4. The summed E-state index contributed by atoms with van der Waals surface area (Å²) >= 11 is 0. The first-order chi connectivity index (χ1) is 10.7. The molecule has 0 fully saturated rings. The van der Waals surface area contributed by atoms with E-state index in [1.807, 2.05) is 12.1 Å². The van der Waals surface area contributed by atoms with Crippen LogP contribution in [0, 0.1) is 0 Å². The quantitative estimate of drug-likeness (QED) is 0.368. The predicted molar refractivity (Wildman–Crippen MR) is 89.7 cm³/mol. The van der Waals surface area contributed by atoms with Crippen LogP contribution in [0.4, 0.5) is 0 Å². The molecule has 2 aromatic carbocycles. The maximum atomic E-state index is 12.0. The van der Waals surface area contributed by atoms with Crippen LogP contribution >= 0.6 is 0 Å². The van der Waals surface area contributed by atoms with Crippen molar-refractivity contribution in [3.05, 3.63) is 72.3 Å². The van der Waals surface area contributed by atoms with Gasteiger partial charge in [0.25, 0.3) is 0 Å². The Morgan fingerprint density at radius 3 is 1.83 bits per heavy atom. The molecule has 114 valence electrons. The molecule has 0 bridgehead atoms. The van der Waals surface area contributed by atoms with Crippen molar-refractivity contribution in [3.63, 3.8) is 0 Å². The molecule has 0 aliphatic carbocycles. The first kappa shape index (κ1) is 19.2. The first-order valence-electron chi connectivity index (χ1n) is 6.87. The molecule has 0 aliphatic heterocycles. The zero-order valence-electron chi connectivity index (χ0n) is 12.2. The summed E-state index contributed by atoms with van der Waals surface area (Å²) in [7, 11) is 0. The van der Waals surface area contributed by atoms with Gasteiger partial charge in [0.15, 0.2) is 0 Å². The van der Waals surface area contributed by atoms with Crippen LogP contribution in [-0.4, -0.2) is 41.5 Å². The van der Waals surface area contributed by atoms with Crippen molar-refractivity contribution in [2.24, 2.45) is 0 Å². The molecule has 0 spiro atoms. The molecule has 0 aromatic heterocycles. The summed E-state index contributed by atoms with van der Waals surface area (Å²) in [4.78, 5) is 23.9. The SMILES string of the molecule is CC=C(CC(=O)Oc1ccccc1)C(=O)Oc1ccccc1.[NaH]. The van der Waals surface area contributed by atoms with Gasteiger partial charge in [0.2, 0.25) is 0 Å².